The van der Waals surface area contributed by atoms with Crippen molar-refractivity contribution >= 4 is 11.6 Å². The Morgan fingerprint density at radius 1 is 1.41 bits per heavy atom. The van der Waals surface area contributed by atoms with Crippen LogP contribution >= 0.6 is 0 Å². The minimum Gasteiger partial charge on any atom is -0.396 e. The minimum atomic E-state index is -0.0685. The van der Waals surface area contributed by atoms with Crippen LogP contribution in [-0.2, 0) is 22.5 Å². The maximum absolute atomic E-state index is 12.4. The lowest BCUT2D eigenvalue weighted by atomic mass is 9.96. The Labute approximate surface area is 190 Å². The predicted molar refractivity (Wildman–Crippen MR) is 124 cm³/mol. The van der Waals surface area contributed by atoms with Gasteiger partial charge in [0.2, 0.25) is 5.91 Å². The van der Waals surface area contributed by atoms with Crippen molar-refractivity contribution in [3.8, 4) is 0 Å². The van der Waals surface area contributed by atoms with Crippen LogP contribution in [-0.4, -0.2) is 52.8 Å². The van der Waals surface area contributed by atoms with E-state index in [9.17, 15) is 4.79 Å². The summed E-state index contributed by atoms with van der Waals surface area (Å²) in [4.78, 5) is 12.4. The van der Waals surface area contributed by atoms with Crippen LogP contribution in [0.15, 0.2) is 42.6 Å². The third kappa shape index (κ3) is 6.98. The van der Waals surface area contributed by atoms with Crippen molar-refractivity contribution in [2.75, 3.05) is 32.1 Å². The number of carbonyl (C=O) groups is 1. The molecule has 1 fully saturated rings. The van der Waals surface area contributed by atoms with Gasteiger partial charge in [0.05, 0.1) is 17.7 Å². The molecule has 1 aromatic heterocycles. The molecule has 0 aliphatic carbocycles. The first-order valence-electron chi connectivity index (χ1n) is 11.4. The van der Waals surface area contributed by atoms with Crippen LogP contribution in [0.25, 0.3) is 0 Å². The number of aryl methyl sites for hydroxylation is 1. The Morgan fingerprint density at radius 3 is 2.91 bits per heavy atom. The second kappa shape index (κ2) is 12.5. The highest BCUT2D eigenvalue weighted by Crippen LogP contribution is 2.28. The number of amides is 1. The highest BCUT2D eigenvalue weighted by atomic mass is 16.5. The van der Waals surface area contributed by atoms with Crippen LogP contribution in [0.1, 0.15) is 43.5 Å². The molecule has 1 aliphatic heterocycles. The Bertz CT molecular complexity index is 859. The number of piperidine rings is 1. The van der Waals surface area contributed by atoms with Crippen molar-refractivity contribution < 1.29 is 14.6 Å². The molecule has 3 rings (SSSR count). The molecule has 3 N–H and O–H groups in total. The van der Waals surface area contributed by atoms with Gasteiger partial charge < -0.3 is 20.5 Å². The molecule has 0 radical (unpaired) electrons. The smallest absolute Gasteiger partial charge is 0.228 e. The number of aromatic nitrogens is 3. The summed E-state index contributed by atoms with van der Waals surface area (Å²) in [6, 6.07) is 7.93. The van der Waals surface area contributed by atoms with E-state index in [1.807, 2.05) is 30.5 Å². The summed E-state index contributed by atoms with van der Waals surface area (Å²) in [5, 5.41) is 23.4. The fourth-order valence-corrected chi connectivity index (χ4v) is 4.03. The number of ether oxygens (including phenoxy) is 1. The number of aliphatic hydroxyl groups is 1. The van der Waals surface area contributed by atoms with Gasteiger partial charge >= 0.3 is 0 Å². The van der Waals surface area contributed by atoms with Crippen molar-refractivity contribution in [3.05, 3.63) is 53.9 Å². The molecule has 1 aromatic carbocycles. The second-order valence-corrected chi connectivity index (χ2v) is 8.33. The Morgan fingerprint density at radius 2 is 2.22 bits per heavy atom. The fraction of sp³-hybridized carbons (Fsp3) is 0.542. The first-order chi connectivity index (χ1) is 15.6. The summed E-state index contributed by atoms with van der Waals surface area (Å²) >= 11 is 0. The zero-order chi connectivity index (χ0) is 22.8. The van der Waals surface area contributed by atoms with Gasteiger partial charge in [0, 0.05) is 51.0 Å². The molecule has 1 aliphatic rings. The number of hydrogen-bond acceptors (Lipinski definition) is 6. The quantitative estimate of drug-likeness (QED) is 0.464. The number of aliphatic hydroxyl groups excluding tert-OH is 1. The highest BCUT2D eigenvalue weighted by Gasteiger charge is 2.21. The molecule has 0 saturated carbocycles. The first-order valence-corrected chi connectivity index (χ1v) is 11.4. The number of methoxy groups -OCH3 is 1. The number of nitrogens with one attached hydrogen (secondary N) is 2. The van der Waals surface area contributed by atoms with E-state index >= 15 is 0 Å². The summed E-state index contributed by atoms with van der Waals surface area (Å²) in [6.45, 7) is 4.70. The summed E-state index contributed by atoms with van der Waals surface area (Å²) in [5.41, 5.74) is 2.70. The molecule has 2 heterocycles. The Kier molecular flexibility index (Phi) is 9.40. The lowest BCUT2D eigenvalue weighted by molar-refractivity contribution is -0.120. The predicted octanol–water partition coefficient (Wildman–Crippen LogP) is 2.72. The second-order valence-electron chi connectivity index (χ2n) is 8.33. The topological polar surface area (TPSA) is 101 Å². The highest BCUT2D eigenvalue weighted by molar-refractivity contribution is 5.92. The van der Waals surface area contributed by atoms with Crippen LogP contribution in [0.5, 0.6) is 0 Å². The standard InChI is InChI=1S/C24H35N5O3/c1-18(6-3-4-14-29-17-22(12-15-30)27-28-29)23(32-2)19-8-10-21(11-9-19)26-24(31)20-7-5-13-25-16-20/h3,6,8-11,17-18,20,23,25,30H,4-5,7,12-16H2,1-2H3,(H,26,31)/b6-3+/t18-,20?,23+/m1/s1. The minimum absolute atomic E-state index is 0.0408. The molecule has 1 amide bonds. The number of hydrogen-bond donors (Lipinski definition) is 3. The third-order valence-corrected chi connectivity index (χ3v) is 5.82. The monoisotopic (exact) mass is 441 g/mol. The fourth-order valence-electron chi connectivity index (χ4n) is 4.03. The van der Waals surface area contributed by atoms with E-state index in [1.54, 1.807) is 11.8 Å². The number of benzene rings is 1. The number of rotatable bonds is 11. The maximum Gasteiger partial charge on any atom is 0.228 e. The van der Waals surface area contributed by atoms with Gasteiger partial charge in [0.15, 0.2) is 0 Å². The average molecular weight is 442 g/mol. The van der Waals surface area contributed by atoms with Crippen molar-refractivity contribution in [3.63, 3.8) is 0 Å². The molecule has 0 bridgehead atoms. The van der Waals surface area contributed by atoms with Crippen molar-refractivity contribution in [2.24, 2.45) is 11.8 Å². The normalized spacial score (nSPS) is 18.5. The van der Waals surface area contributed by atoms with Gasteiger partial charge in [0.25, 0.3) is 0 Å². The van der Waals surface area contributed by atoms with E-state index in [2.05, 4.69) is 40.0 Å². The van der Waals surface area contributed by atoms with Gasteiger partial charge in [0.1, 0.15) is 0 Å². The van der Waals surface area contributed by atoms with E-state index < -0.39 is 0 Å². The molecule has 2 aromatic rings. The van der Waals surface area contributed by atoms with Gasteiger partial charge in [-0.2, -0.15) is 0 Å². The molecule has 1 saturated heterocycles. The number of anilines is 1. The summed E-state index contributed by atoms with van der Waals surface area (Å²) in [6.07, 6.45) is 9.45. The largest absolute Gasteiger partial charge is 0.396 e. The van der Waals surface area contributed by atoms with Crippen LogP contribution in [0.2, 0.25) is 0 Å². The zero-order valence-corrected chi connectivity index (χ0v) is 19.0. The summed E-state index contributed by atoms with van der Waals surface area (Å²) < 4.78 is 7.56. The lowest BCUT2D eigenvalue weighted by Gasteiger charge is -2.23. The molecule has 8 nitrogen and oxygen atoms in total. The molecule has 32 heavy (non-hydrogen) atoms. The van der Waals surface area contributed by atoms with Gasteiger partial charge in [-0.15, -0.1) is 5.10 Å². The molecule has 174 valence electrons. The summed E-state index contributed by atoms with van der Waals surface area (Å²) in [5.74, 6) is 0.314. The lowest BCUT2D eigenvalue weighted by Crippen LogP contribution is -2.37. The van der Waals surface area contributed by atoms with E-state index in [1.165, 1.54) is 0 Å². The molecule has 0 spiro atoms. The number of allylic oxidation sites excluding steroid dienone is 1. The van der Waals surface area contributed by atoms with E-state index in [0.717, 1.165) is 55.8 Å². The first kappa shape index (κ1) is 24.1. The van der Waals surface area contributed by atoms with Crippen LogP contribution in [0, 0.1) is 11.8 Å². The van der Waals surface area contributed by atoms with Gasteiger partial charge in [-0.25, -0.2) is 0 Å². The molecular weight excluding hydrogens is 406 g/mol. The molecule has 3 atom stereocenters. The maximum atomic E-state index is 12.4. The van der Waals surface area contributed by atoms with Gasteiger partial charge in [-0.3, -0.25) is 9.48 Å². The summed E-state index contributed by atoms with van der Waals surface area (Å²) in [7, 11) is 1.72. The van der Waals surface area contributed by atoms with Crippen molar-refractivity contribution in [1.82, 2.24) is 20.3 Å². The Hall–Kier alpha value is -2.55. The Balaban J connectivity index is 1.49. The molecule has 1 unspecified atom stereocenters. The average Bonchev–Trinajstić information content (AvgIpc) is 3.26. The van der Waals surface area contributed by atoms with Crippen LogP contribution in [0.4, 0.5) is 5.69 Å². The van der Waals surface area contributed by atoms with Crippen molar-refractivity contribution in [1.29, 1.82) is 0 Å². The van der Waals surface area contributed by atoms with Crippen LogP contribution < -0.4 is 10.6 Å². The van der Waals surface area contributed by atoms with E-state index in [0.29, 0.717) is 6.42 Å². The van der Waals surface area contributed by atoms with E-state index in [-0.39, 0.29) is 30.5 Å². The third-order valence-electron chi connectivity index (χ3n) is 5.82. The van der Waals surface area contributed by atoms with Crippen LogP contribution in [0.3, 0.4) is 0 Å². The van der Waals surface area contributed by atoms with Gasteiger partial charge in [-0.1, -0.05) is 36.4 Å². The SMILES string of the molecule is CO[C@H](c1ccc(NC(=O)C2CCCNC2)cc1)[C@H](C)/C=C/CCn1cc(CCO)nn1. The van der Waals surface area contributed by atoms with Gasteiger partial charge in [-0.05, 0) is 43.5 Å². The molecule has 8 heteroatoms. The number of nitrogens with zero attached hydrogens (tertiary/aromatic N) is 3. The zero-order valence-electron chi connectivity index (χ0n) is 19.0. The van der Waals surface area contributed by atoms with Crippen molar-refractivity contribution in [2.45, 2.75) is 45.3 Å². The van der Waals surface area contributed by atoms with E-state index in [4.69, 9.17) is 9.84 Å². The number of carbonyl (C=O) groups excluding carboxylic acids is 1. The molecular formula is C24H35N5O3.